The predicted molar refractivity (Wildman–Crippen MR) is 50.1 cm³/mol. The Balaban J connectivity index is 2.78. The van der Waals surface area contributed by atoms with Gasteiger partial charge in [0.1, 0.15) is 6.29 Å². The van der Waals surface area contributed by atoms with Crippen LogP contribution in [0, 0.1) is 6.92 Å². The van der Waals surface area contributed by atoms with Gasteiger partial charge < -0.3 is 9.69 Å². The minimum atomic E-state index is -0.313. The van der Waals surface area contributed by atoms with Crippen molar-refractivity contribution in [3.05, 3.63) is 37.3 Å². The van der Waals surface area contributed by atoms with Crippen molar-refractivity contribution in [1.29, 1.82) is 0 Å². The number of aldehydes is 1. The summed E-state index contributed by atoms with van der Waals surface area (Å²) in [7, 11) is 1.85. The van der Waals surface area contributed by atoms with Crippen LogP contribution in [0.25, 0.3) is 0 Å². The van der Waals surface area contributed by atoms with Crippen LogP contribution in [0.4, 0.5) is 5.69 Å². The minimum absolute atomic E-state index is 0.313. The monoisotopic (exact) mass is 162 g/mol. The largest absolute Gasteiger partial charge is 0.365 e. The van der Waals surface area contributed by atoms with E-state index in [4.69, 9.17) is 0 Å². The summed E-state index contributed by atoms with van der Waals surface area (Å²) < 4.78 is 0. The topological polar surface area (TPSA) is 20.3 Å². The first-order valence-corrected chi connectivity index (χ1v) is 3.82. The maximum atomic E-state index is 10.4. The number of carbonyl (C=O) groups is 1. The first kappa shape index (κ1) is 8.78. The quantitative estimate of drug-likeness (QED) is 0.628. The molecule has 0 aliphatic rings. The number of benzene rings is 1. The molecule has 1 rings (SSSR count). The van der Waals surface area contributed by atoms with Crippen LogP contribution in [0.15, 0.2) is 30.3 Å². The molecule has 0 aliphatic carbocycles. The highest BCUT2D eigenvalue weighted by Gasteiger charge is 2.06. The molecule has 1 atom stereocenters. The number of hydrogen-bond donors (Lipinski definition) is 0. The Labute approximate surface area is 72.8 Å². The summed E-state index contributed by atoms with van der Waals surface area (Å²) in [4.78, 5) is 12.2. The number of rotatable bonds is 3. The molecule has 0 spiro atoms. The van der Waals surface area contributed by atoms with Gasteiger partial charge in [-0.25, -0.2) is 0 Å². The van der Waals surface area contributed by atoms with Crippen LogP contribution in [0.2, 0.25) is 0 Å². The van der Waals surface area contributed by atoms with Crippen LogP contribution >= 0.6 is 0 Å². The predicted octanol–water partition coefficient (Wildman–Crippen LogP) is 1.52. The Morgan fingerprint density at radius 2 is 2.00 bits per heavy atom. The van der Waals surface area contributed by atoms with Crippen LogP contribution in [-0.2, 0) is 4.79 Å². The van der Waals surface area contributed by atoms with Gasteiger partial charge in [-0.05, 0) is 19.1 Å². The summed E-state index contributed by atoms with van der Waals surface area (Å²) in [6, 6.07) is 9.39. The lowest BCUT2D eigenvalue weighted by Crippen LogP contribution is -2.29. The molecule has 0 heterocycles. The standard InChI is InChI=1S/C10H12NO/c1-9(8-12)11(2)10-6-4-3-5-7-10/h3-9H,1H2,2H3. The van der Waals surface area contributed by atoms with Gasteiger partial charge in [0.15, 0.2) is 0 Å². The zero-order chi connectivity index (χ0) is 8.97. The van der Waals surface area contributed by atoms with E-state index < -0.39 is 0 Å². The van der Waals surface area contributed by atoms with Crippen molar-refractivity contribution in [3.8, 4) is 0 Å². The molecule has 1 aromatic rings. The van der Waals surface area contributed by atoms with Crippen molar-refractivity contribution in [2.75, 3.05) is 11.9 Å². The van der Waals surface area contributed by atoms with Gasteiger partial charge in [0.2, 0.25) is 0 Å². The highest BCUT2D eigenvalue weighted by atomic mass is 16.1. The van der Waals surface area contributed by atoms with Gasteiger partial charge in [0, 0.05) is 12.7 Å². The zero-order valence-electron chi connectivity index (χ0n) is 7.10. The second-order valence-electron chi connectivity index (χ2n) is 2.65. The van der Waals surface area contributed by atoms with Gasteiger partial charge in [-0.2, -0.15) is 0 Å². The summed E-state index contributed by atoms with van der Waals surface area (Å²) in [6.07, 6.45) is 0.826. The number of para-hydroxylation sites is 1. The third-order valence-corrected chi connectivity index (χ3v) is 1.82. The smallest absolute Gasteiger partial charge is 0.142 e. The lowest BCUT2D eigenvalue weighted by Gasteiger charge is -2.22. The van der Waals surface area contributed by atoms with E-state index in [-0.39, 0.29) is 6.04 Å². The van der Waals surface area contributed by atoms with Crippen molar-refractivity contribution < 1.29 is 4.79 Å². The molecule has 0 amide bonds. The molecule has 0 aliphatic heterocycles. The fraction of sp³-hybridized carbons (Fsp3) is 0.200. The van der Waals surface area contributed by atoms with Gasteiger partial charge in [0.05, 0.1) is 6.04 Å². The number of carbonyl (C=O) groups excluding carboxylic acids is 1. The van der Waals surface area contributed by atoms with Gasteiger partial charge in [-0.3, -0.25) is 0 Å². The lowest BCUT2D eigenvalue weighted by molar-refractivity contribution is -0.108. The van der Waals surface area contributed by atoms with E-state index in [1.807, 2.05) is 42.3 Å². The molecule has 0 fully saturated rings. The molecule has 1 aromatic carbocycles. The van der Waals surface area contributed by atoms with Gasteiger partial charge in [-0.15, -0.1) is 0 Å². The molecule has 0 bridgehead atoms. The number of hydrogen-bond acceptors (Lipinski definition) is 2. The molecule has 0 N–H and O–H groups in total. The van der Waals surface area contributed by atoms with Crippen molar-refractivity contribution in [2.45, 2.75) is 6.04 Å². The molecule has 1 radical (unpaired) electrons. The lowest BCUT2D eigenvalue weighted by atomic mass is 10.2. The van der Waals surface area contributed by atoms with Crippen molar-refractivity contribution >= 4 is 12.0 Å². The summed E-state index contributed by atoms with van der Waals surface area (Å²) in [5.41, 5.74) is 1.00. The third-order valence-electron chi connectivity index (χ3n) is 1.82. The zero-order valence-corrected chi connectivity index (χ0v) is 7.10. The Bertz CT molecular complexity index is 245. The van der Waals surface area contributed by atoms with Gasteiger partial charge in [-0.1, -0.05) is 18.2 Å². The fourth-order valence-electron chi connectivity index (χ4n) is 0.946. The maximum Gasteiger partial charge on any atom is 0.142 e. The molecule has 63 valence electrons. The molecule has 12 heavy (non-hydrogen) atoms. The number of likely N-dealkylation sites (N-methyl/N-ethyl adjacent to an activating group) is 1. The Morgan fingerprint density at radius 3 is 2.50 bits per heavy atom. The third kappa shape index (κ3) is 1.84. The highest BCUT2D eigenvalue weighted by molar-refractivity contribution is 5.66. The fourth-order valence-corrected chi connectivity index (χ4v) is 0.946. The van der Waals surface area contributed by atoms with E-state index in [0.29, 0.717) is 0 Å². The van der Waals surface area contributed by atoms with Crippen LogP contribution < -0.4 is 4.90 Å². The van der Waals surface area contributed by atoms with E-state index in [1.54, 1.807) is 0 Å². The van der Waals surface area contributed by atoms with Crippen LogP contribution in [0.3, 0.4) is 0 Å². The van der Waals surface area contributed by atoms with E-state index in [9.17, 15) is 4.79 Å². The van der Waals surface area contributed by atoms with Gasteiger partial charge in [0.25, 0.3) is 0 Å². The molecule has 2 heteroatoms. The maximum absolute atomic E-state index is 10.4. The van der Waals surface area contributed by atoms with E-state index in [0.717, 1.165) is 12.0 Å². The molecule has 1 unspecified atom stereocenters. The second-order valence-corrected chi connectivity index (χ2v) is 2.65. The second kappa shape index (κ2) is 3.90. The average molecular weight is 162 g/mol. The highest BCUT2D eigenvalue weighted by Crippen LogP contribution is 2.12. The molecular formula is C10H12NO. The van der Waals surface area contributed by atoms with Crippen LogP contribution in [0.5, 0.6) is 0 Å². The van der Waals surface area contributed by atoms with E-state index in [2.05, 4.69) is 6.92 Å². The molecular weight excluding hydrogens is 150 g/mol. The van der Waals surface area contributed by atoms with E-state index >= 15 is 0 Å². The molecule has 0 saturated carbocycles. The van der Waals surface area contributed by atoms with Crippen molar-refractivity contribution in [3.63, 3.8) is 0 Å². The van der Waals surface area contributed by atoms with Gasteiger partial charge >= 0.3 is 0 Å². The number of nitrogens with zero attached hydrogens (tertiary/aromatic N) is 1. The average Bonchev–Trinajstić information content (AvgIpc) is 2.17. The first-order chi connectivity index (χ1) is 5.75. The van der Waals surface area contributed by atoms with Crippen LogP contribution in [0.1, 0.15) is 0 Å². The first-order valence-electron chi connectivity index (χ1n) is 3.82. The Morgan fingerprint density at radius 1 is 1.42 bits per heavy atom. The summed E-state index contributed by atoms with van der Waals surface area (Å²) >= 11 is 0. The number of anilines is 1. The SMILES string of the molecule is [CH2]C(C=O)N(C)c1ccccc1. The van der Waals surface area contributed by atoms with Crippen molar-refractivity contribution in [2.24, 2.45) is 0 Å². The summed E-state index contributed by atoms with van der Waals surface area (Å²) in [5, 5.41) is 0. The van der Waals surface area contributed by atoms with Crippen LogP contribution in [-0.4, -0.2) is 19.4 Å². The molecule has 0 aromatic heterocycles. The minimum Gasteiger partial charge on any atom is -0.365 e. The summed E-state index contributed by atoms with van der Waals surface area (Å²) in [5.74, 6) is 0. The Hall–Kier alpha value is -1.31. The normalized spacial score (nSPS) is 12.2. The van der Waals surface area contributed by atoms with E-state index in [1.165, 1.54) is 0 Å². The van der Waals surface area contributed by atoms with Crippen molar-refractivity contribution in [1.82, 2.24) is 0 Å². The molecule has 0 saturated heterocycles. The Kier molecular flexibility index (Phi) is 2.86. The summed E-state index contributed by atoms with van der Waals surface area (Å²) in [6.45, 7) is 3.69. The molecule has 2 nitrogen and oxygen atoms in total.